The van der Waals surface area contributed by atoms with Gasteiger partial charge in [0, 0.05) is 11.1 Å². The molecule has 0 radical (unpaired) electrons. The highest BCUT2D eigenvalue weighted by Gasteiger charge is 2.26. The molecule has 0 fully saturated rings. The monoisotopic (exact) mass is 405 g/mol. The van der Waals surface area contributed by atoms with Crippen molar-refractivity contribution in [2.45, 2.75) is 11.8 Å². The lowest BCUT2D eigenvalue weighted by Crippen LogP contribution is -2.11. The van der Waals surface area contributed by atoms with Gasteiger partial charge >= 0.3 is 15.8 Å². The molecule has 0 aliphatic heterocycles. The van der Waals surface area contributed by atoms with E-state index in [1.165, 1.54) is 18.2 Å². The largest absolute Gasteiger partial charge is 0.370 e. The molecule has 22 heavy (non-hydrogen) atoms. The molecule has 0 aliphatic carbocycles. The van der Waals surface area contributed by atoms with Gasteiger partial charge < -0.3 is 4.18 Å². The van der Waals surface area contributed by atoms with E-state index in [0.29, 0.717) is 0 Å². The predicted octanol–water partition coefficient (Wildman–Crippen LogP) is 4.09. The molecule has 2 rings (SSSR count). The van der Waals surface area contributed by atoms with Crippen molar-refractivity contribution < 1.29 is 17.5 Å². The molecule has 0 heterocycles. The van der Waals surface area contributed by atoms with Gasteiger partial charge in [0.15, 0.2) is 0 Å². The van der Waals surface area contributed by atoms with E-state index in [1.54, 1.807) is 19.1 Å². The van der Waals surface area contributed by atoms with E-state index in [-0.39, 0.29) is 14.4 Å². The zero-order chi connectivity index (χ0) is 16.5. The van der Waals surface area contributed by atoms with Gasteiger partial charge in [-0.15, -0.1) is 0 Å². The molecule has 0 aromatic heterocycles. The molecule has 0 saturated heterocycles. The van der Waals surface area contributed by atoms with Crippen LogP contribution in [0.1, 0.15) is 5.56 Å². The van der Waals surface area contributed by atoms with E-state index in [4.69, 9.17) is 15.8 Å². The first kappa shape index (κ1) is 16.7. The van der Waals surface area contributed by atoms with Crippen molar-refractivity contribution in [3.8, 4) is 5.75 Å². The Morgan fingerprint density at radius 2 is 1.82 bits per heavy atom. The van der Waals surface area contributed by atoms with Crippen LogP contribution in [0.2, 0.25) is 5.02 Å². The van der Waals surface area contributed by atoms with Crippen LogP contribution >= 0.6 is 27.5 Å². The lowest BCUT2D eigenvalue weighted by Gasteiger charge is -2.09. The number of halogens is 2. The number of aryl methyl sites for hydroxylation is 1. The molecule has 9 heteroatoms. The molecule has 0 saturated carbocycles. The second-order valence-electron chi connectivity index (χ2n) is 4.34. The van der Waals surface area contributed by atoms with E-state index in [1.807, 2.05) is 0 Å². The van der Waals surface area contributed by atoms with Gasteiger partial charge in [0.25, 0.3) is 0 Å². The normalized spacial score (nSPS) is 11.2. The van der Waals surface area contributed by atoms with Gasteiger partial charge in [-0.3, -0.25) is 10.1 Å². The molecule has 0 aliphatic rings. The van der Waals surface area contributed by atoms with Gasteiger partial charge in [0.1, 0.15) is 4.90 Å². The summed E-state index contributed by atoms with van der Waals surface area (Å²) in [6, 6.07) is 8.25. The highest BCUT2D eigenvalue weighted by atomic mass is 79.9. The van der Waals surface area contributed by atoms with Crippen LogP contribution in [0.3, 0.4) is 0 Å². The molecular weight excluding hydrogens is 398 g/mol. The fourth-order valence-corrected chi connectivity index (χ4v) is 3.57. The molecule has 0 amide bonds. The number of nitrogens with zero attached hydrogens (tertiary/aromatic N) is 1. The summed E-state index contributed by atoms with van der Waals surface area (Å²) in [5.74, 6) is -0.421. The Morgan fingerprint density at radius 1 is 1.23 bits per heavy atom. The van der Waals surface area contributed by atoms with Gasteiger partial charge in [-0.2, -0.15) is 8.42 Å². The Labute approximate surface area is 140 Å². The van der Waals surface area contributed by atoms with Crippen molar-refractivity contribution in [3.05, 3.63) is 61.6 Å². The third-order valence-electron chi connectivity index (χ3n) is 2.69. The highest BCUT2D eigenvalue weighted by molar-refractivity contribution is 9.10. The number of hydrogen-bond acceptors (Lipinski definition) is 5. The first-order valence-electron chi connectivity index (χ1n) is 5.85. The van der Waals surface area contributed by atoms with Gasteiger partial charge in [-0.1, -0.05) is 29.3 Å². The number of nitro benzene ring substituents is 1. The average molecular weight is 407 g/mol. The fourth-order valence-electron chi connectivity index (χ4n) is 1.63. The average Bonchev–Trinajstić information content (AvgIpc) is 2.41. The summed E-state index contributed by atoms with van der Waals surface area (Å²) in [4.78, 5) is 10.2. The van der Waals surface area contributed by atoms with E-state index in [2.05, 4.69) is 15.9 Å². The topological polar surface area (TPSA) is 86.5 Å². The maximum atomic E-state index is 12.2. The third kappa shape index (κ3) is 3.57. The van der Waals surface area contributed by atoms with Crippen LogP contribution in [0.4, 0.5) is 5.69 Å². The highest BCUT2D eigenvalue weighted by Crippen LogP contribution is 2.39. The Kier molecular flexibility index (Phi) is 4.74. The number of benzene rings is 2. The van der Waals surface area contributed by atoms with E-state index in [0.717, 1.165) is 11.6 Å². The van der Waals surface area contributed by atoms with Crippen molar-refractivity contribution in [2.75, 3.05) is 0 Å². The molecule has 2 aromatic carbocycles. The molecular formula is C13H9BrClNO5S. The first-order valence-corrected chi connectivity index (χ1v) is 8.43. The number of rotatable bonds is 4. The Morgan fingerprint density at radius 3 is 2.36 bits per heavy atom. The second kappa shape index (κ2) is 6.23. The summed E-state index contributed by atoms with van der Waals surface area (Å²) in [7, 11) is -4.20. The van der Waals surface area contributed by atoms with E-state index in [9.17, 15) is 18.5 Å². The lowest BCUT2D eigenvalue weighted by molar-refractivity contribution is -0.385. The standard InChI is InChI=1S/C13H9BrClNO5S/c1-8-2-4-10(5-3-8)22(19,20)21-13-11(14)6-9(15)7-12(13)16(17)18/h2-7H,1H3. The number of hydrogen-bond donors (Lipinski definition) is 0. The molecule has 116 valence electrons. The van der Waals surface area contributed by atoms with Gasteiger partial charge in [0.05, 0.1) is 9.40 Å². The van der Waals surface area contributed by atoms with Crippen LogP contribution in [0.15, 0.2) is 45.8 Å². The molecule has 0 bridgehead atoms. The summed E-state index contributed by atoms with van der Waals surface area (Å²) in [6.45, 7) is 1.80. The molecule has 0 spiro atoms. The van der Waals surface area contributed by atoms with Crippen LogP contribution in [0.5, 0.6) is 5.75 Å². The Bertz CT molecular complexity index is 836. The number of nitro groups is 1. The molecule has 6 nitrogen and oxygen atoms in total. The summed E-state index contributed by atoms with van der Waals surface area (Å²) < 4.78 is 29.5. The molecule has 0 atom stereocenters. The summed E-state index contributed by atoms with van der Waals surface area (Å²) >= 11 is 8.76. The summed E-state index contributed by atoms with van der Waals surface area (Å²) in [6.07, 6.45) is 0. The molecule has 0 unspecified atom stereocenters. The Hall–Kier alpha value is -1.64. The van der Waals surface area contributed by atoms with E-state index < -0.39 is 26.5 Å². The predicted molar refractivity (Wildman–Crippen MR) is 84.8 cm³/mol. The lowest BCUT2D eigenvalue weighted by atomic mass is 10.2. The Balaban J connectivity index is 2.50. The van der Waals surface area contributed by atoms with Crippen molar-refractivity contribution in [1.82, 2.24) is 0 Å². The van der Waals surface area contributed by atoms with Crippen LogP contribution in [0, 0.1) is 17.0 Å². The van der Waals surface area contributed by atoms with Crippen LogP contribution in [-0.2, 0) is 10.1 Å². The van der Waals surface area contributed by atoms with Gasteiger partial charge in [-0.05, 0) is 41.1 Å². The summed E-state index contributed by atoms with van der Waals surface area (Å²) in [5, 5.41) is 11.1. The second-order valence-corrected chi connectivity index (χ2v) is 7.18. The minimum absolute atomic E-state index is 0.0717. The van der Waals surface area contributed by atoms with Crippen molar-refractivity contribution >= 4 is 43.3 Å². The minimum Gasteiger partial charge on any atom is -0.370 e. The maximum absolute atomic E-state index is 12.2. The zero-order valence-corrected chi connectivity index (χ0v) is 14.3. The van der Waals surface area contributed by atoms with Crippen LogP contribution in [-0.4, -0.2) is 13.3 Å². The van der Waals surface area contributed by atoms with Crippen molar-refractivity contribution in [1.29, 1.82) is 0 Å². The minimum atomic E-state index is -4.20. The zero-order valence-electron chi connectivity index (χ0n) is 11.1. The molecule has 2 aromatic rings. The van der Waals surface area contributed by atoms with Crippen molar-refractivity contribution in [3.63, 3.8) is 0 Å². The van der Waals surface area contributed by atoms with Gasteiger partial charge in [0.2, 0.25) is 5.75 Å². The summed E-state index contributed by atoms with van der Waals surface area (Å²) in [5.41, 5.74) is 0.327. The maximum Gasteiger partial charge on any atom is 0.339 e. The van der Waals surface area contributed by atoms with E-state index >= 15 is 0 Å². The smallest absolute Gasteiger partial charge is 0.339 e. The van der Waals surface area contributed by atoms with Crippen LogP contribution < -0.4 is 4.18 Å². The molecule has 0 N–H and O–H groups in total. The first-order chi connectivity index (χ1) is 10.2. The SMILES string of the molecule is Cc1ccc(S(=O)(=O)Oc2c(Br)cc(Cl)cc2[N+](=O)[O-])cc1. The quantitative estimate of drug-likeness (QED) is 0.434. The van der Waals surface area contributed by atoms with Gasteiger partial charge in [-0.25, -0.2) is 0 Å². The fraction of sp³-hybridized carbons (Fsp3) is 0.0769. The van der Waals surface area contributed by atoms with Crippen LogP contribution in [0.25, 0.3) is 0 Å². The van der Waals surface area contributed by atoms with Crippen molar-refractivity contribution in [2.24, 2.45) is 0 Å². The third-order valence-corrected chi connectivity index (χ3v) is 4.73.